The topological polar surface area (TPSA) is 53.9 Å². The summed E-state index contributed by atoms with van der Waals surface area (Å²) in [4.78, 5) is 14.9. The lowest BCUT2D eigenvalue weighted by molar-refractivity contribution is 0.0703. The molecule has 2 aromatic rings. The van der Waals surface area contributed by atoms with Gasteiger partial charge in [-0.1, -0.05) is 6.07 Å². The molecule has 1 aliphatic heterocycles. The number of carbonyl (C=O) groups excluding carboxylic acids is 1. The first kappa shape index (κ1) is 15.6. The molecule has 1 amide bonds. The van der Waals surface area contributed by atoms with E-state index in [1.807, 2.05) is 22.6 Å². The number of aryl methyl sites for hydroxylation is 2. The summed E-state index contributed by atoms with van der Waals surface area (Å²) >= 11 is 5.21. The van der Waals surface area contributed by atoms with Crippen LogP contribution < -0.4 is 0 Å². The summed E-state index contributed by atoms with van der Waals surface area (Å²) in [7, 11) is 1.93. The molecule has 0 bridgehead atoms. The van der Waals surface area contributed by atoms with Gasteiger partial charge in [-0.2, -0.15) is 5.10 Å². The lowest BCUT2D eigenvalue weighted by Gasteiger charge is -2.32. The van der Waals surface area contributed by atoms with Crippen LogP contribution in [0.4, 0.5) is 0 Å². The highest BCUT2D eigenvalue weighted by atomic mass is 32.1. The van der Waals surface area contributed by atoms with Crippen molar-refractivity contribution in [2.75, 3.05) is 13.1 Å². The SMILES string of the molecule is Cn1c([C@@H]2CCCN(C(=O)c3ccc4c(c3)CCC4)C2)n[nH]c1=S. The number of hydrogen-bond donors (Lipinski definition) is 1. The Balaban J connectivity index is 1.54. The minimum absolute atomic E-state index is 0.145. The van der Waals surface area contributed by atoms with Crippen LogP contribution in [0.5, 0.6) is 0 Å². The molecular formula is C18H22N4OS. The highest BCUT2D eigenvalue weighted by Crippen LogP contribution is 2.28. The predicted molar refractivity (Wildman–Crippen MR) is 94.7 cm³/mol. The number of piperidine rings is 1. The van der Waals surface area contributed by atoms with Gasteiger partial charge in [0.2, 0.25) is 0 Å². The number of amides is 1. The van der Waals surface area contributed by atoms with Crippen molar-refractivity contribution in [1.82, 2.24) is 19.7 Å². The maximum atomic E-state index is 12.9. The van der Waals surface area contributed by atoms with Crippen LogP contribution in [0.25, 0.3) is 0 Å². The monoisotopic (exact) mass is 342 g/mol. The molecule has 0 saturated carbocycles. The zero-order valence-corrected chi connectivity index (χ0v) is 14.7. The normalized spacial score (nSPS) is 20.2. The third-order valence-corrected chi connectivity index (χ3v) is 5.70. The van der Waals surface area contributed by atoms with E-state index < -0.39 is 0 Å². The summed E-state index contributed by atoms with van der Waals surface area (Å²) in [5.41, 5.74) is 3.58. The Labute approximate surface area is 146 Å². The second-order valence-corrected chi connectivity index (χ2v) is 7.26. The van der Waals surface area contributed by atoms with Crippen LogP contribution in [0.1, 0.15) is 52.5 Å². The average molecular weight is 342 g/mol. The van der Waals surface area contributed by atoms with Gasteiger partial charge in [0.15, 0.2) is 4.77 Å². The zero-order chi connectivity index (χ0) is 16.7. The van der Waals surface area contributed by atoms with E-state index in [9.17, 15) is 4.79 Å². The molecule has 126 valence electrons. The number of H-pyrrole nitrogens is 1. The Bertz CT molecular complexity index is 838. The number of benzene rings is 1. The van der Waals surface area contributed by atoms with E-state index in [0.29, 0.717) is 11.3 Å². The molecule has 1 saturated heterocycles. The molecule has 1 atom stereocenters. The number of carbonyl (C=O) groups is 1. The molecule has 0 spiro atoms. The molecule has 2 aliphatic rings. The van der Waals surface area contributed by atoms with Crippen LogP contribution in [-0.4, -0.2) is 38.7 Å². The van der Waals surface area contributed by atoms with E-state index in [4.69, 9.17) is 12.2 Å². The van der Waals surface area contributed by atoms with E-state index in [0.717, 1.165) is 43.6 Å². The van der Waals surface area contributed by atoms with Crippen LogP contribution in [0.15, 0.2) is 18.2 Å². The van der Waals surface area contributed by atoms with Gasteiger partial charge in [-0.15, -0.1) is 0 Å². The van der Waals surface area contributed by atoms with Gasteiger partial charge in [-0.05, 0) is 67.6 Å². The first-order valence-electron chi connectivity index (χ1n) is 8.66. The number of rotatable bonds is 2. The minimum Gasteiger partial charge on any atom is -0.338 e. The fourth-order valence-electron chi connectivity index (χ4n) is 3.98. The summed E-state index contributed by atoms with van der Waals surface area (Å²) in [6.07, 6.45) is 5.50. The minimum atomic E-state index is 0.145. The Morgan fingerprint density at radius 2 is 2.12 bits per heavy atom. The Kier molecular flexibility index (Phi) is 4.00. The summed E-state index contributed by atoms with van der Waals surface area (Å²) in [6.45, 7) is 1.53. The van der Waals surface area contributed by atoms with Crippen molar-refractivity contribution < 1.29 is 4.79 Å². The highest BCUT2D eigenvalue weighted by molar-refractivity contribution is 7.71. The molecule has 0 radical (unpaired) electrons. The third kappa shape index (κ3) is 2.69. The lowest BCUT2D eigenvalue weighted by Crippen LogP contribution is -2.39. The van der Waals surface area contributed by atoms with E-state index in [1.165, 1.54) is 17.5 Å². The second kappa shape index (κ2) is 6.16. The number of aromatic amines is 1. The van der Waals surface area contributed by atoms with Crippen LogP contribution >= 0.6 is 12.2 Å². The number of likely N-dealkylation sites (tertiary alicyclic amines) is 1. The van der Waals surface area contributed by atoms with E-state index in [-0.39, 0.29) is 11.8 Å². The summed E-state index contributed by atoms with van der Waals surface area (Å²) in [5, 5.41) is 7.21. The van der Waals surface area contributed by atoms with E-state index >= 15 is 0 Å². The standard InChI is InChI=1S/C18H22N4OS/c1-21-16(19-20-18(21)24)15-6-3-9-22(11-15)17(23)14-8-7-12-4-2-5-13(12)10-14/h7-8,10,15H,2-6,9,11H2,1H3,(H,20,24)/t15-/m1/s1. The van der Waals surface area contributed by atoms with Crippen molar-refractivity contribution in [3.63, 3.8) is 0 Å². The number of hydrogen-bond acceptors (Lipinski definition) is 3. The maximum absolute atomic E-state index is 12.9. The molecule has 1 aromatic carbocycles. The maximum Gasteiger partial charge on any atom is 0.253 e. The van der Waals surface area contributed by atoms with Crippen LogP contribution in [0.2, 0.25) is 0 Å². The molecule has 1 fully saturated rings. The fourth-order valence-corrected chi connectivity index (χ4v) is 4.12. The predicted octanol–water partition coefficient (Wildman–Crippen LogP) is 2.99. The number of aromatic nitrogens is 3. The van der Waals surface area contributed by atoms with Crippen molar-refractivity contribution in [2.24, 2.45) is 7.05 Å². The molecule has 6 heteroatoms. The Morgan fingerprint density at radius 3 is 2.92 bits per heavy atom. The Hall–Kier alpha value is -1.95. The fraction of sp³-hybridized carbons (Fsp3) is 0.500. The number of nitrogens with zero attached hydrogens (tertiary/aromatic N) is 3. The largest absolute Gasteiger partial charge is 0.338 e. The van der Waals surface area contributed by atoms with Crippen molar-refractivity contribution >= 4 is 18.1 Å². The quantitative estimate of drug-likeness (QED) is 0.854. The van der Waals surface area contributed by atoms with Crippen molar-refractivity contribution in [3.05, 3.63) is 45.5 Å². The summed E-state index contributed by atoms with van der Waals surface area (Å²) < 4.78 is 2.55. The first-order valence-corrected chi connectivity index (χ1v) is 9.06. The van der Waals surface area contributed by atoms with Gasteiger partial charge in [0.05, 0.1) is 0 Å². The second-order valence-electron chi connectivity index (χ2n) is 6.87. The molecule has 0 unspecified atom stereocenters. The van der Waals surface area contributed by atoms with Crippen LogP contribution in [0, 0.1) is 4.77 Å². The van der Waals surface area contributed by atoms with Crippen molar-refractivity contribution in [2.45, 2.75) is 38.0 Å². The molecule has 1 N–H and O–H groups in total. The van der Waals surface area contributed by atoms with Gasteiger partial charge >= 0.3 is 0 Å². The van der Waals surface area contributed by atoms with E-state index in [1.54, 1.807) is 0 Å². The molecule has 1 aliphatic carbocycles. The van der Waals surface area contributed by atoms with Gasteiger partial charge in [-0.3, -0.25) is 9.89 Å². The summed E-state index contributed by atoms with van der Waals surface area (Å²) in [5.74, 6) is 1.34. The molecule has 1 aromatic heterocycles. The zero-order valence-electron chi connectivity index (χ0n) is 13.9. The van der Waals surface area contributed by atoms with Gasteiger partial charge in [0.25, 0.3) is 5.91 Å². The van der Waals surface area contributed by atoms with Crippen LogP contribution in [0.3, 0.4) is 0 Å². The van der Waals surface area contributed by atoms with Gasteiger partial charge < -0.3 is 9.47 Å². The molecule has 5 nitrogen and oxygen atoms in total. The number of nitrogens with one attached hydrogen (secondary N) is 1. The number of fused-ring (bicyclic) bond motifs is 1. The summed E-state index contributed by atoms with van der Waals surface area (Å²) in [6, 6.07) is 6.23. The Morgan fingerprint density at radius 1 is 1.29 bits per heavy atom. The van der Waals surface area contributed by atoms with Crippen molar-refractivity contribution in [3.8, 4) is 0 Å². The van der Waals surface area contributed by atoms with E-state index in [2.05, 4.69) is 22.3 Å². The molecule has 24 heavy (non-hydrogen) atoms. The average Bonchev–Trinajstić information content (AvgIpc) is 3.21. The lowest BCUT2D eigenvalue weighted by atomic mass is 9.96. The van der Waals surface area contributed by atoms with Gasteiger partial charge in [0.1, 0.15) is 5.82 Å². The molecule has 2 heterocycles. The van der Waals surface area contributed by atoms with Gasteiger partial charge in [-0.25, -0.2) is 0 Å². The van der Waals surface area contributed by atoms with Crippen molar-refractivity contribution in [1.29, 1.82) is 0 Å². The first-order chi connectivity index (χ1) is 11.6. The third-order valence-electron chi connectivity index (χ3n) is 5.33. The molecule has 4 rings (SSSR count). The highest BCUT2D eigenvalue weighted by Gasteiger charge is 2.28. The smallest absolute Gasteiger partial charge is 0.253 e. The van der Waals surface area contributed by atoms with Crippen LogP contribution in [-0.2, 0) is 19.9 Å². The molecular weight excluding hydrogens is 320 g/mol. The van der Waals surface area contributed by atoms with Gasteiger partial charge in [0, 0.05) is 31.6 Å².